The summed E-state index contributed by atoms with van der Waals surface area (Å²) in [5.74, 6) is 0. The molecule has 0 atom stereocenters. The molecule has 0 saturated carbocycles. The summed E-state index contributed by atoms with van der Waals surface area (Å²) in [6.07, 6.45) is 3.92. The van der Waals surface area contributed by atoms with Gasteiger partial charge in [-0.25, -0.2) is 0 Å². The van der Waals surface area contributed by atoms with Crippen molar-refractivity contribution in [1.82, 2.24) is 20.0 Å². The maximum atomic E-state index is 5.45. The molecule has 0 aromatic rings. The Labute approximate surface area is 153 Å². The van der Waals surface area contributed by atoms with Crippen LogP contribution in [0.3, 0.4) is 0 Å². The van der Waals surface area contributed by atoms with E-state index in [9.17, 15) is 0 Å². The van der Waals surface area contributed by atoms with Crippen molar-refractivity contribution in [2.45, 2.75) is 24.8 Å². The third-order valence-electron chi connectivity index (χ3n) is 5.67. The molecular weight excluding hydrogens is 335 g/mol. The fraction of sp³-hybridized carbons (Fsp3) is 1.00. The standard InChI is InChI=1S/C16H32N4O.2ClH/c1-18-7-2-8-20(10-9-19-11-13-21-14-12-19)15-16(18)3-5-17-6-4-16;;/h17H,2-15H2,1H3;2*1H. The number of nitrogens with zero attached hydrogens (tertiary/aromatic N) is 3. The molecule has 0 amide bonds. The van der Waals surface area contributed by atoms with E-state index in [1.54, 1.807) is 0 Å². The van der Waals surface area contributed by atoms with Crippen LogP contribution in [0.2, 0.25) is 0 Å². The average molecular weight is 369 g/mol. The monoisotopic (exact) mass is 368 g/mol. The molecular formula is C16H34Cl2N4O. The Bertz CT molecular complexity index is 323. The molecule has 0 radical (unpaired) electrons. The van der Waals surface area contributed by atoms with Crippen molar-refractivity contribution in [3.63, 3.8) is 0 Å². The summed E-state index contributed by atoms with van der Waals surface area (Å²) >= 11 is 0. The molecule has 1 N–H and O–H groups in total. The minimum atomic E-state index is 0. The molecule has 3 aliphatic heterocycles. The Morgan fingerprint density at radius 1 is 0.913 bits per heavy atom. The highest BCUT2D eigenvalue weighted by Crippen LogP contribution is 2.28. The number of rotatable bonds is 3. The van der Waals surface area contributed by atoms with Crippen LogP contribution in [0.1, 0.15) is 19.3 Å². The van der Waals surface area contributed by atoms with Crippen LogP contribution in [0.5, 0.6) is 0 Å². The predicted molar refractivity (Wildman–Crippen MR) is 100 cm³/mol. The van der Waals surface area contributed by atoms with E-state index in [-0.39, 0.29) is 24.8 Å². The lowest BCUT2D eigenvalue weighted by atomic mass is 9.86. The largest absolute Gasteiger partial charge is 0.379 e. The van der Waals surface area contributed by atoms with Gasteiger partial charge in [-0.15, -0.1) is 24.8 Å². The Morgan fingerprint density at radius 2 is 1.57 bits per heavy atom. The first-order valence-electron chi connectivity index (χ1n) is 8.73. The van der Waals surface area contributed by atoms with Crippen LogP contribution in [0.25, 0.3) is 0 Å². The van der Waals surface area contributed by atoms with E-state index in [1.807, 2.05) is 0 Å². The second-order valence-corrected chi connectivity index (χ2v) is 6.98. The molecule has 0 aromatic carbocycles. The lowest BCUT2D eigenvalue weighted by Crippen LogP contribution is -2.58. The fourth-order valence-corrected chi connectivity index (χ4v) is 4.12. The van der Waals surface area contributed by atoms with Crippen molar-refractivity contribution in [3.05, 3.63) is 0 Å². The molecule has 3 heterocycles. The minimum Gasteiger partial charge on any atom is -0.379 e. The third-order valence-corrected chi connectivity index (χ3v) is 5.67. The maximum Gasteiger partial charge on any atom is 0.0594 e. The van der Waals surface area contributed by atoms with Crippen molar-refractivity contribution in [1.29, 1.82) is 0 Å². The number of hydrogen-bond donors (Lipinski definition) is 1. The first-order valence-corrected chi connectivity index (χ1v) is 8.73. The molecule has 7 heteroatoms. The van der Waals surface area contributed by atoms with Crippen LogP contribution in [0.15, 0.2) is 0 Å². The van der Waals surface area contributed by atoms with Crippen molar-refractivity contribution in [2.24, 2.45) is 0 Å². The zero-order valence-electron chi connectivity index (χ0n) is 14.5. The van der Waals surface area contributed by atoms with Gasteiger partial charge in [0.2, 0.25) is 0 Å². The molecule has 0 bridgehead atoms. The van der Waals surface area contributed by atoms with Gasteiger partial charge < -0.3 is 15.0 Å². The summed E-state index contributed by atoms with van der Waals surface area (Å²) in [5, 5.41) is 3.53. The highest BCUT2D eigenvalue weighted by Gasteiger charge is 2.38. The van der Waals surface area contributed by atoms with Crippen LogP contribution in [-0.2, 0) is 4.74 Å². The molecule has 3 rings (SSSR count). The summed E-state index contributed by atoms with van der Waals surface area (Å²) in [6.45, 7) is 12.6. The third kappa shape index (κ3) is 5.70. The van der Waals surface area contributed by atoms with Crippen molar-refractivity contribution in [3.8, 4) is 0 Å². The minimum absolute atomic E-state index is 0. The number of hydrogen-bond acceptors (Lipinski definition) is 5. The number of halogens is 2. The summed E-state index contributed by atoms with van der Waals surface area (Å²) in [7, 11) is 2.34. The van der Waals surface area contributed by atoms with Crippen LogP contribution in [0.4, 0.5) is 0 Å². The van der Waals surface area contributed by atoms with Crippen LogP contribution >= 0.6 is 24.8 Å². The second kappa shape index (κ2) is 10.4. The Morgan fingerprint density at radius 3 is 2.26 bits per heavy atom. The van der Waals surface area contributed by atoms with Crippen molar-refractivity contribution < 1.29 is 4.74 Å². The van der Waals surface area contributed by atoms with Gasteiger partial charge in [-0.05, 0) is 52.5 Å². The Balaban J connectivity index is 0.00000132. The van der Waals surface area contributed by atoms with Crippen molar-refractivity contribution in [2.75, 3.05) is 79.2 Å². The fourth-order valence-electron chi connectivity index (χ4n) is 4.12. The average Bonchev–Trinajstić information content (AvgIpc) is 2.67. The molecule has 3 saturated heterocycles. The zero-order valence-corrected chi connectivity index (χ0v) is 16.1. The summed E-state index contributed by atoms with van der Waals surface area (Å²) < 4.78 is 5.45. The zero-order chi connectivity index (χ0) is 14.5. The van der Waals surface area contributed by atoms with Gasteiger partial charge in [0.05, 0.1) is 13.2 Å². The van der Waals surface area contributed by atoms with E-state index in [4.69, 9.17) is 4.74 Å². The van der Waals surface area contributed by atoms with E-state index >= 15 is 0 Å². The van der Waals surface area contributed by atoms with E-state index in [2.05, 4.69) is 27.1 Å². The first kappa shape index (κ1) is 21.4. The summed E-state index contributed by atoms with van der Waals surface area (Å²) in [4.78, 5) is 7.94. The SMILES string of the molecule is CN1CCCN(CCN2CCOCC2)CC12CCNCC2.Cl.Cl. The first-order chi connectivity index (χ1) is 10.3. The van der Waals surface area contributed by atoms with Gasteiger partial charge in [0.25, 0.3) is 0 Å². The normalized spacial score (nSPS) is 27.0. The highest BCUT2D eigenvalue weighted by molar-refractivity contribution is 5.85. The lowest BCUT2D eigenvalue weighted by molar-refractivity contribution is 0.0275. The molecule has 138 valence electrons. The molecule has 23 heavy (non-hydrogen) atoms. The van der Waals surface area contributed by atoms with Crippen molar-refractivity contribution >= 4 is 24.8 Å². The molecule has 3 fully saturated rings. The topological polar surface area (TPSA) is 31.0 Å². The number of morpholine rings is 1. The molecule has 5 nitrogen and oxygen atoms in total. The van der Waals surface area contributed by atoms with Gasteiger partial charge >= 0.3 is 0 Å². The second-order valence-electron chi connectivity index (χ2n) is 6.98. The summed E-state index contributed by atoms with van der Waals surface area (Å²) in [5.41, 5.74) is 0.423. The lowest BCUT2D eigenvalue weighted by Gasteiger charge is -2.45. The number of likely N-dealkylation sites (N-methyl/N-ethyl adjacent to an activating group) is 1. The Hall–Kier alpha value is 0.380. The van der Waals surface area contributed by atoms with Gasteiger partial charge in [-0.2, -0.15) is 0 Å². The van der Waals surface area contributed by atoms with E-state index in [1.165, 1.54) is 65.1 Å². The van der Waals surface area contributed by atoms with Gasteiger partial charge in [-0.1, -0.05) is 0 Å². The molecule has 3 aliphatic rings. The molecule has 1 spiro atoms. The van der Waals surface area contributed by atoms with Gasteiger partial charge in [0.1, 0.15) is 0 Å². The van der Waals surface area contributed by atoms with E-state index < -0.39 is 0 Å². The molecule has 0 aliphatic carbocycles. The maximum absolute atomic E-state index is 5.45. The number of ether oxygens (including phenoxy) is 1. The van der Waals surface area contributed by atoms with E-state index in [0.717, 1.165) is 26.3 Å². The van der Waals surface area contributed by atoms with Gasteiger partial charge in [-0.3, -0.25) is 9.80 Å². The van der Waals surface area contributed by atoms with Crippen LogP contribution < -0.4 is 5.32 Å². The van der Waals surface area contributed by atoms with Crippen LogP contribution in [-0.4, -0.2) is 99.4 Å². The Kier molecular flexibility index (Phi) is 9.68. The molecule has 0 unspecified atom stereocenters. The number of piperidine rings is 1. The predicted octanol–water partition coefficient (Wildman–Crippen LogP) is 0.922. The van der Waals surface area contributed by atoms with E-state index in [0.29, 0.717) is 5.54 Å². The summed E-state index contributed by atoms with van der Waals surface area (Å²) in [6, 6.07) is 0. The quantitative estimate of drug-likeness (QED) is 0.800. The highest BCUT2D eigenvalue weighted by atomic mass is 35.5. The molecule has 0 aromatic heterocycles. The van der Waals surface area contributed by atoms with Crippen LogP contribution in [0, 0.1) is 0 Å². The van der Waals surface area contributed by atoms with Gasteiger partial charge in [0, 0.05) is 38.3 Å². The number of nitrogens with one attached hydrogen (secondary N) is 1. The van der Waals surface area contributed by atoms with Gasteiger partial charge in [0.15, 0.2) is 0 Å². The smallest absolute Gasteiger partial charge is 0.0594 e.